The summed E-state index contributed by atoms with van der Waals surface area (Å²) in [6, 6.07) is 8.71. The van der Waals surface area contributed by atoms with Crippen LogP contribution in [0.3, 0.4) is 0 Å². The number of nitrogens with zero attached hydrogens (tertiary/aromatic N) is 1. The average molecular weight is 425 g/mol. The van der Waals surface area contributed by atoms with Crippen LogP contribution >= 0.6 is 23.2 Å². The number of hydrogen-bond acceptors (Lipinski definition) is 5. The van der Waals surface area contributed by atoms with Gasteiger partial charge >= 0.3 is 5.97 Å². The Balaban J connectivity index is 1.32. The number of imide groups is 1. The first-order valence-electron chi connectivity index (χ1n) is 9.02. The number of benzene rings is 1. The molecule has 6 atom stereocenters. The van der Waals surface area contributed by atoms with Crippen molar-refractivity contribution in [2.24, 2.45) is 23.7 Å². The van der Waals surface area contributed by atoms with Gasteiger partial charge in [-0.2, -0.15) is 0 Å². The van der Waals surface area contributed by atoms with Gasteiger partial charge < -0.3 is 10.1 Å². The average Bonchev–Trinajstić information content (AvgIpc) is 3.28. The number of nitrogens with one attached hydrogen (secondary N) is 1. The van der Waals surface area contributed by atoms with E-state index in [1.54, 1.807) is 30.3 Å². The van der Waals surface area contributed by atoms with Crippen LogP contribution < -0.4 is 5.32 Å². The van der Waals surface area contributed by atoms with Crippen molar-refractivity contribution >= 4 is 52.6 Å². The second-order valence-electron chi connectivity index (χ2n) is 7.34. The van der Waals surface area contributed by atoms with Crippen molar-refractivity contribution in [1.29, 1.82) is 0 Å². The van der Waals surface area contributed by atoms with E-state index in [4.69, 9.17) is 27.9 Å². The van der Waals surface area contributed by atoms with Crippen LogP contribution in [0.5, 0.6) is 0 Å². The highest BCUT2D eigenvalue weighted by Gasteiger charge is 2.66. The number of esters is 1. The highest BCUT2D eigenvalue weighted by Crippen LogP contribution is 2.59. The first-order chi connectivity index (χ1) is 13.4. The Bertz CT molecular complexity index is 801. The Kier molecular flexibility index (Phi) is 5.05. The molecule has 3 fully saturated rings. The van der Waals surface area contributed by atoms with E-state index >= 15 is 0 Å². The lowest BCUT2D eigenvalue weighted by atomic mass is 9.80. The third-order valence-corrected chi connectivity index (χ3v) is 7.11. The summed E-state index contributed by atoms with van der Waals surface area (Å²) in [5.74, 6) is -3.44. The van der Waals surface area contributed by atoms with E-state index in [-0.39, 0.29) is 22.6 Å². The van der Waals surface area contributed by atoms with E-state index in [1.165, 1.54) is 0 Å². The van der Waals surface area contributed by atoms with E-state index in [1.807, 2.05) is 0 Å². The number of hydrogen-bond donors (Lipinski definition) is 1. The van der Waals surface area contributed by atoms with Gasteiger partial charge in [0.05, 0.1) is 22.6 Å². The molecule has 1 saturated heterocycles. The minimum absolute atomic E-state index is 0.145. The fraction of sp³-hybridized carbons (Fsp3) is 0.474. The molecule has 2 bridgehead atoms. The Morgan fingerprint density at radius 2 is 1.61 bits per heavy atom. The van der Waals surface area contributed by atoms with Crippen LogP contribution in [0.1, 0.15) is 6.42 Å². The fourth-order valence-electron chi connectivity index (χ4n) is 4.61. The van der Waals surface area contributed by atoms with Crippen LogP contribution in [-0.2, 0) is 23.9 Å². The minimum Gasteiger partial charge on any atom is -0.454 e. The van der Waals surface area contributed by atoms with Gasteiger partial charge in [0.1, 0.15) is 6.54 Å². The summed E-state index contributed by atoms with van der Waals surface area (Å²) in [7, 11) is 0. The molecule has 0 aromatic heterocycles. The molecular weight excluding hydrogens is 407 g/mol. The van der Waals surface area contributed by atoms with Crippen LogP contribution in [-0.4, -0.2) is 52.5 Å². The summed E-state index contributed by atoms with van der Waals surface area (Å²) < 4.78 is 4.92. The number of anilines is 1. The van der Waals surface area contributed by atoms with Gasteiger partial charge in [-0.3, -0.25) is 24.1 Å². The molecule has 148 valence electrons. The molecule has 0 spiro atoms. The SMILES string of the molecule is O=C(COC(=O)CN1C(=O)[C@@H]2[C@H]3C[C@@H]([C@H](Cl)[C@H]3Cl)[C@H]2C1=O)Nc1ccccc1. The van der Waals surface area contributed by atoms with Crippen molar-refractivity contribution in [2.45, 2.75) is 17.2 Å². The number of para-hydroxylation sites is 1. The van der Waals surface area contributed by atoms with Crippen molar-refractivity contribution in [2.75, 3.05) is 18.5 Å². The van der Waals surface area contributed by atoms with E-state index in [0.717, 1.165) is 4.90 Å². The summed E-state index contributed by atoms with van der Waals surface area (Å²) in [4.78, 5) is 50.2. The van der Waals surface area contributed by atoms with Crippen LogP contribution in [0, 0.1) is 23.7 Å². The predicted molar refractivity (Wildman–Crippen MR) is 101 cm³/mol. The lowest BCUT2D eigenvalue weighted by molar-refractivity contribution is -0.154. The van der Waals surface area contributed by atoms with Crippen molar-refractivity contribution < 1.29 is 23.9 Å². The third-order valence-electron chi connectivity index (χ3n) is 5.79. The molecule has 1 aliphatic heterocycles. The second-order valence-corrected chi connectivity index (χ2v) is 8.35. The van der Waals surface area contributed by atoms with Gasteiger partial charge in [-0.25, -0.2) is 0 Å². The largest absolute Gasteiger partial charge is 0.454 e. The maximum Gasteiger partial charge on any atom is 0.326 e. The zero-order chi connectivity index (χ0) is 20.0. The molecule has 0 unspecified atom stereocenters. The lowest BCUT2D eigenvalue weighted by Gasteiger charge is -2.28. The van der Waals surface area contributed by atoms with E-state index in [2.05, 4.69) is 5.32 Å². The first kappa shape index (κ1) is 19.2. The maximum atomic E-state index is 12.7. The molecule has 0 radical (unpaired) electrons. The van der Waals surface area contributed by atoms with Crippen molar-refractivity contribution in [3.8, 4) is 0 Å². The van der Waals surface area contributed by atoms with Gasteiger partial charge in [-0.1, -0.05) is 18.2 Å². The Morgan fingerprint density at radius 3 is 2.18 bits per heavy atom. The second kappa shape index (κ2) is 7.37. The number of fused-ring (bicyclic) bond motifs is 5. The highest BCUT2D eigenvalue weighted by atomic mass is 35.5. The maximum absolute atomic E-state index is 12.7. The highest BCUT2D eigenvalue weighted by molar-refractivity contribution is 6.31. The summed E-state index contributed by atoms with van der Waals surface area (Å²) in [6.45, 7) is -1.02. The number of carbonyl (C=O) groups is 4. The summed E-state index contributed by atoms with van der Waals surface area (Å²) in [5.41, 5.74) is 0.572. The number of carbonyl (C=O) groups excluding carboxylic acids is 4. The topological polar surface area (TPSA) is 92.8 Å². The van der Waals surface area contributed by atoms with Gasteiger partial charge in [0.2, 0.25) is 11.8 Å². The number of halogens is 2. The number of rotatable bonds is 5. The standard InChI is InChI=1S/C19H18Cl2N2O5/c20-16-10-6-11(17(16)21)15-14(10)18(26)23(19(15)27)7-13(25)28-8-12(24)22-9-4-2-1-3-5-9/h1-5,10-11,14-17H,6-8H2,(H,22,24)/t10-,11-,14-,15-,16+,17+/m1/s1. The van der Waals surface area contributed by atoms with Crippen LogP contribution in [0.2, 0.25) is 0 Å². The molecule has 28 heavy (non-hydrogen) atoms. The number of alkyl halides is 2. The smallest absolute Gasteiger partial charge is 0.326 e. The molecule has 1 aromatic carbocycles. The molecule has 9 heteroatoms. The minimum atomic E-state index is -0.818. The zero-order valence-electron chi connectivity index (χ0n) is 14.7. The van der Waals surface area contributed by atoms with Crippen LogP contribution in [0.25, 0.3) is 0 Å². The van der Waals surface area contributed by atoms with Crippen molar-refractivity contribution in [3.63, 3.8) is 0 Å². The normalized spacial score (nSPS) is 33.1. The molecule has 1 N–H and O–H groups in total. The summed E-state index contributed by atoms with van der Waals surface area (Å²) in [5, 5.41) is 1.88. The van der Waals surface area contributed by atoms with Gasteiger partial charge in [-0.05, 0) is 30.4 Å². The molecular formula is C19H18Cl2N2O5. The van der Waals surface area contributed by atoms with Gasteiger partial charge in [0.15, 0.2) is 6.61 Å². The van der Waals surface area contributed by atoms with Crippen molar-refractivity contribution in [3.05, 3.63) is 30.3 Å². The van der Waals surface area contributed by atoms with Gasteiger partial charge in [0, 0.05) is 5.69 Å². The molecule has 2 saturated carbocycles. The molecule has 4 rings (SSSR count). The molecule has 1 aromatic rings. The monoisotopic (exact) mass is 424 g/mol. The number of likely N-dealkylation sites (tertiary alicyclic amines) is 1. The van der Waals surface area contributed by atoms with Crippen LogP contribution in [0.15, 0.2) is 30.3 Å². The van der Waals surface area contributed by atoms with Crippen molar-refractivity contribution in [1.82, 2.24) is 4.90 Å². The van der Waals surface area contributed by atoms with Gasteiger partial charge in [-0.15, -0.1) is 23.2 Å². The Hall–Kier alpha value is -2.12. The van der Waals surface area contributed by atoms with E-state index < -0.39 is 48.7 Å². The Labute approximate surface area is 171 Å². The molecule has 7 nitrogen and oxygen atoms in total. The van der Waals surface area contributed by atoms with E-state index in [9.17, 15) is 19.2 Å². The number of amides is 3. The summed E-state index contributed by atoms with van der Waals surface area (Å²) >= 11 is 12.6. The zero-order valence-corrected chi connectivity index (χ0v) is 16.2. The first-order valence-corrected chi connectivity index (χ1v) is 9.89. The molecule has 3 aliphatic rings. The quantitative estimate of drug-likeness (QED) is 0.440. The lowest BCUT2D eigenvalue weighted by Crippen LogP contribution is -2.38. The van der Waals surface area contributed by atoms with Gasteiger partial charge in [0.25, 0.3) is 5.91 Å². The number of ether oxygens (including phenoxy) is 1. The fourth-order valence-corrected chi connectivity index (χ4v) is 5.50. The van der Waals surface area contributed by atoms with Crippen LogP contribution in [0.4, 0.5) is 5.69 Å². The van der Waals surface area contributed by atoms with E-state index in [0.29, 0.717) is 12.1 Å². The Morgan fingerprint density at radius 1 is 1.04 bits per heavy atom. The molecule has 3 amide bonds. The predicted octanol–water partition coefficient (Wildman–Crippen LogP) is 1.63. The molecule has 1 heterocycles. The third kappa shape index (κ3) is 3.16. The summed E-state index contributed by atoms with van der Waals surface area (Å²) in [6.07, 6.45) is 0.660. The molecule has 2 aliphatic carbocycles.